The summed E-state index contributed by atoms with van der Waals surface area (Å²) in [5, 5.41) is 3.30. The van der Waals surface area contributed by atoms with Crippen LogP contribution in [-0.2, 0) is 0 Å². The fourth-order valence-electron chi connectivity index (χ4n) is 4.76. The minimum atomic E-state index is 0.132. The molecule has 1 aliphatic heterocycles. The van der Waals surface area contributed by atoms with Crippen molar-refractivity contribution in [1.82, 2.24) is 15.1 Å². The van der Waals surface area contributed by atoms with E-state index in [-0.39, 0.29) is 12.1 Å². The minimum Gasteiger partial charge on any atom is -0.335 e. The number of nitrogens with one attached hydrogen (secondary N) is 1. The highest BCUT2D eigenvalue weighted by Crippen LogP contribution is 2.29. The summed E-state index contributed by atoms with van der Waals surface area (Å²) < 4.78 is 0. The number of carbonyl (C=O) groups excluding carboxylic acids is 1. The van der Waals surface area contributed by atoms with Crippen LogP contribution in [0.15, 0.2) is 60.7 Å². The van der Waals surface area contributed by atoms with Gasteiger partial charge in [0.05, 0.1) is 6.04 Å². The maximum absolute atomic E-state index is 12.8. The van der Waals surface area contributed by atoms with Crippen LogP contribution in [0.3, 0.4) is 0 Å². The Morgan fingerprint density at radius 1 is 0.759 bits per heavy atom. The number of carbonyl (C=O) groups is 1. The second kappa shape index (κ2) is 9.93. The molecule has 2 aliphatic rings. The van der Waals surface area contributed by atoms with E-state index in [1.54, 1.807) is 0 Å². The summed E-state index contributed by atoms with van der Waals surface area (Å²) in [7, 11) is 0. The number of rotatable bonds is 4. The molecule has 4 nitrogen and oxygen atoms in total. The maximum atomic E-state index is 12.8. The van der Waals surface area contributed by atoms with Crippen LogP contribution in [0, 0.1) is 0 Å². The Kier molecular flexibility index (Phi) is 6.83. The van der Waals surface area contributed by atoms with Gasteiger partial charge in [0.1, 0.15) is 0 Å². The van der Waals surface area contributed by atoms with Crippen LogP contribution in [0.5, 0.6) is 0 Å². The molecule has 4 rings (SSSR count). The van der Waals surface area contributed by atoms with Crippen LogP contribution in [-0.4, -0.2) is 48.1 Å². The van der Waals surface area contributed by atoms with Gasteiger partial charge in [0.2, 0.25) is 0 Å². The standard InChI is InChI=1S/C25H33N3O/c29-25(26-23-15-9-1-2-10-16-23)28-19-17-27(18-20-28)24(21-11-5-3-6-12-21)22-13-7-4-8-14-22/h3-8,11-14,23-24H,1-2,9-10,15-20H2,(H,26,29). The molecule has 2 aromatic rings. The Balaban J connectivity index is 1.39. The monoisotopic (exact) mass is 391 g/mol. The van der Waals surface area contributed by atoms with Crippen molar-refractivity contribution >= 4 is 6.03 Å². The molecule has 2 amide bonds. The van der Waals surface area contributed by atoms with Gasteiger partial charge in [-0.15, -0.1) is 0 Å². The van der Waals surface area contributed by atoms with Gasteiger partial charge < -0.3 is 10.2 Å². The fraction of sp³-hybridized carbons (Fsp3) is 0.480. The SMILES string of the molecule is O=C(NC1CCCCCC1)N1CCN(C(c2ccccc2)c2ccccc2)CC1. The molecule has 1 saturated carbocycles. The first-order chi connectivity index (χ1) is 14.3. The fourth-order valence-corrected chi connectivity index (χ4v) is 4.76. The van der Waals surface area contributed by atoms with E-state index in [4.69, 9.17) is 0 Å². The molecule has 2 fully saturated rings. The van der Waals surface area contributed by atoms with Gasteiger partial charge in [0.25, 0.3) is 0 Å². The molecule has 0 unspecified atom stereocenters. The lowest BCUT2D eigenvalue weighted by molar-refractivity contribution is 0.118. The number of urea groups is 1. The molecule has 1 aliphatic carbocycles. The van der Waals surface area contributed by atoms with Crippen molar-refractivity contribution in [2.75, 3.05) is 26.2 Å². The van der Waals surface area contributed by atoms with E-state index in [2.05, 4.69) is 70.9 Å². The van der Waals surface area contributed by atoms with E-state index in [0.717, 1.165) is 39.0 Å². The number of hydrogen-bond acceptors (Lipinski definition) is 2. The Hall–Kier alpha value is -2.33. The zero-order valence-electron chi connectivity index (χ0n) is 17.3. The number of piperazine rings is 1. The van der Waals surface area contributed by atoms with Crippen LogP contribution in [0.4, 0.5) is 4.79 Å². The summed E-state index contributed by atoms with van der Waals surface area (Å²) >= 11 is 0. The van der Waals surface area contributed by atoms with Crippen molar-refractivity contribution in [2.24, 2.45) is 0 Å². The predicted molar refractivity (Wildman–Crippen MR) is 118 cm³/mol. The number of nitrogens with zero attached hydrogens (tertiary/aromatic N) is 2. The second-order valence-electron chi connectivity index (χ2n) is 8.38. The van der Waals surface area contributed by atoms with Crippen molar-refractivity contribution in [2.45, 2.75) is 50.6 Å². The smallest absolute Gasteiger partial charge is 0.317 e. The number of benzene rings is 2. The van der Waals surface area contributed by atoms with E-state index in [0.29, 0.717) is 6.04 Å². The van der Waals surface area contributed by atoms with Crippen LogP contribution in [0.1, 0.15) is 55.7 Å². The molecule has 1 saturated heterocycles. The van der Waals surface area contributed by atoms with Gasteiger partial charge in [-0.3, -0.25) is 4.90 Å². The summed E-state index contributed by atoms with van der Waals surface area (Å²) in [4.78, 5) is 17.3. The van der Waals surface area contributed by atoms with Gasteiger partial charge >= 0.3 is 6.03 Å². The summed E-state index contributed by atoms with van der Waals surface area (Å²) in [6.07, 6.45) is 7.38. The molecule has 2 aromatic carbocycles. The Labute approximate surface area is 174 Å². The van der Waals surface area contributed by atoms with Crippen molar-refractivity contribution in [3.8, 4) is 0 Å². The summed E-state index contributed by atoms with van der Waals surface area (Å²) in [6, 6.07) is 22.2. The highest BCUT2D eigenvalue weighted by Gasteiger charge is 2.28. The van der Waals surface area contributed by atoms with E-state index in [1.165, 1.54) is 36.8 Å². The van der Waals surface area contributed by atoms with Crippen molar-refractivity contribution in [3.05, 3.63) is 71.8 Å². The number of amides is 2. The molecule has 0 spiro atoms. The molecular weight excluding hydrogens is 358 g/mol. The predicted octanol–water partition coefficient (Wildman–Crippen LogP) is 4.83. The molecule has 154 valence electrons. The first-order valence-electron chi connectivity index (χ1n) is 11.2. The lowest BCUT2D eigenvalue weighted by Gasteiger charge is -2.40. The molecule has 0 atom stereocenters. The molecule has 1 heterocycles. The Morgan fingerprint density at radius 2 is 1.28 bits per heavy atom. The lowest BCUT2D eigenvalue weighted by Crippen LogP contribution is -2.54. The second-order valence-corrected chi connectivity index (χ2v) is 8.38. The number of hydrogen-bond donors (Lipinski definition) is 1. The van der Waals surface area contributed by atoms with Gasteiger partial charge in [-0.25, -0.2) is 4.79 Å². The average Bonchev–Trinajstić information content (AvgIpc) is 3.05. The summed E-state index contributed by atoms with van der Waals surface area (Å²) in [6.45, 7) is 3.36. The first kappa shape index (κ1) is 20.0. The van der Waals surface area contributed by atoms with Crippen molar-refractivity contribution in [3.63, 3.8) is 0 Å². The third kappa shape index (κ3) is 5.18. The van der Waals surface area contributed by atoms with Gasteiger partial charge in [-0.05, 0) is 24.0 Å². The topological polar surface area (TPSA) is 35.6 Å². The third-order valence-electron chi connectivity index (χ3n) is 6.38. The van der Waals surface area contributed by atoms with E-state index < -0.39 is 0 Å². The van der Waals surface area contributed by atoms with Crippen LogP contribution in [0.2, 0.25) is 0 Å². The summed E-state index contributed by atoms with van der Waals surface area (Å²) in [5.74, 6) is 0. The maximum Gasteiger partial charge on any atom is 0.317 e. The average molecular weight is 392 g/mol. The van der Waals surface area contributed by atoms with Gasteiger partial charge in [-0.1, -0.05) is 86.3 Å². The zero-order valence-corrected chi connectivity index (χ0v) is 17.3. The van der Waals surface area contributed by atoms with Crippen molar-refractivity contribution in [1.29, 1.82) is 0 Å². The largest absolute Gasteiger partial charge is 0.335 e. The van der Waals surface area contributed by atoms with Gasteiger partial charge in [0.15, 0.2) is 0 Å². The van der Waals surface area contributed by atoms with Crippen LogP contribution in [0.25, 0.3) is 0 Å². The lowest BCUT2D eigenvalue weighted by atomic mass is 9.96. The van der Waals surface area contributed by atoms with Gasteiger partial charge in [-0.2, -0.15) is 0 Å². The van der Waals surface area contributed by atoms with Crippen LogP contribution < -0.4 is 5.32 Å². The highest BCUT2D eigenvalue weighted by atomic mass is 16.2. The van der Waals surface area contributed by atoms with Crippen LogP contribution >= 0.6 is 0 Å². The molecule has 0 bridgehead atoms. The Bertz CT molecular complexity index is 709. The van der Waals surface area contributed by atoms with E-state index >= 15 is 0 Å². The molecule has 4 heteroatoms. The molecular formula is C25H33N3O. The molecule has 0 radical (unpaired) electrons. The van der Waals surface area contributed by atoms with E-state index in [1.807, 2.05) is 4.90 Å². The summed E-state index contributed by atoms with van der Waals surface area (Å²) in [5.41, 5.74) is 2.63. The molecule has 1 N–H and O–H groups in total. The third-order valence-corrected chi connectivity index (χ3v) is 6.38. The zero-order chi connectivity index (χ0) is 19.9. The Morgan fingerprint density at radius 3 is 1.79 bits per heavy atom. The van der Waals surface area contributed by atoms with Gasteiger partial charge in [0, 0.05) is 32.2 Å². The molecule has 29 heavy (non-hydrogen) atoms. The van der Waals surface area contributed by atoms with E-state index in [9.17, 15) is 4.79 Å². The van der Waals surface area contributed by atoms with Crippen molar-refractivity contribution < 1.29 is 4.79 Å². The molecule has 0 aromatic heterocycles. The minimum absolute atomic E-state index is 0.132. The normalized spacial score (nSPS) is 19.1. The first-order valence-corrected chi connectivity index (χ1v) is 11.2. The quantitative estimate of drug-likeness (QED) is 0.758. The highest BCUT2D eigenvalue weighted by molar-refractivity contribution is 5.74.